The van der Waals surface area contributed by atoms with Crippen LogP contribution in [-0.2, 0) is 17.1 Å². The number of rotatable bonds is 7. The fraction of sp³-hybridized carbons (Fsp3) is 0.444. The molecule has 3 aromatic heterocycles. The van der Waals surface area contributed by atoms with E-state index in [4.69, 9.17) is 0 Å². The van der Waals surface area contributed by atoms with Crippen LogP contribution in [0.1, 0.15) is 28.6 Å². The van der Waals surface area contributed by atoms with E-state index >= 15 is 0 Å². The van der Waals surface area contributed by atoms with Crippen molar-refractivity contribution in [2.45, 2.75) is 39.5 Å². The minimum atomic E-state index is -3.64. The van der Waals surface area contributed by atoms with Crippen molar-refractivity contribution >= 4 is 15.8 Å². The quantitative estimate of drug-likeness (QED) is 0.555. The van der Waals surface area contributed by atoms with Crippen LogP contribution in [0.5, 0.6) is 0 Å². The molecule has 10 nitrogen and oxygen atoms in total. The first kappa shape index (κ1) is 20.9. The standard InChI is InChI=1S/C18H26N8O2S/c1-11-9-12(2)26(23-11)17-10-16(21-15(5)22-17)19-7-8-20-29(27,28)18-13(3)24-25(6)14(18)4/h9-10,20H,7-8H2,1-6H3,(H,19,21,22). The Morgan fingerprint density at radius 3 is 2.31 bits per heavy atom. The summed E-state index contributed by atoms with van der Waals surface area (Å²) in [6.07, 6.45) is 0. The Hall–Kier alpha value is -2.79. The molecule has 0 aliphatic carbocycles. The van der Waals surface area contributed by atoms with Crippen molar-refractivity contribution in [1.82, 2.24) is 34.3 Å². The molecule has 2 N–H and O–H groups in total. The molecule has 0 bridgehead atoms. The third-order valence-electron chi connectivity index (χ3n) is 4.49. The first-order valence-electron chi connectivity index (χ1n) is 9.21. The number of aromatic nitrogens is 6. The molecule has 0 aliphatic rings. The van der Waals surface area contributed by atoms with Gasteiger partial charge in [0, 0.05) is 31.9 Å². The average Bonchev–Trinajstić information content (AvgIpc) is 3.09. The van der Waals surface area contributed by atoms with Gasteiger partial charge in [-0.25, -0.2) is 27.8 Å². The van der Waals surface area contributed by atoms with Crippen LogP contribution < -0.4 is 10.0 Å². The molecule has 0 atom stereocenters. The lowest BCUT2D eigenvalue weighted by Gasteiger charge is -2.11. The van der Waals surface area contributed by atoms with Crippen LogP contribution in [0.2, 0.25) is 0 Å². The number of hydrogen-bond donors (Lipinski definition) is 2. The van der Waals surface area contributed by atoms with E-state index in [0.29, 0.717) is 35.4 Å². The molecule has 29 heavy (non-hydrogen) atoms. The van der Waals surface area contributed by atoms with Crippen molar-refractivity contribution in [3.8, 4) is 5.82 Å². The molecule has 0 amide bonds. The fourth-order valence-electron chi connectivity index (χ4n) is 3.20. The van der Waals surface area contributed by atoms with Crippen molar-refractivity contribution < 1.29 is 8.42 Å². The van der Waals surface area contributed by atoms with E-state index in [2.05, 4.69) is 30.2 Å². The maximum atomic E-state index is 12.6. The monoisotopic (exact) mass is 418 g/mol. The van der Waals surface area contributed by atoms with E-state index < -0.39 is 10.0 Å². The van der Waals surface area contributed by atoms with E-state index in [0.717, 1.165) is 11.4 Å². The van der Waals surface area contributed by atoms with Crippen molar-refractivity contribution in [2.24, 2.45) is 7.05 Å². The SMILES string of the molecule is Cc1cc(C)n(-c2cc(NCCNS(=O)(=O)c3c(C)nn(C)c3C)nc(C)n2)n1. The molecule has 0 unspecified atom stereocenters. The average molecular weight is 419 g/mol. The van der Waals surface area contributed by atoms with Gasteiger partial charge in [-0.3, -0.25) is 4.68 Å². The third-order valence-corrected chi connectivity index (χ3v) is 6.20. The lowest BCUT2D eigenvalue weighted by Crippen LogP contribution is -2.30. The van der Waals surface area contributed by atoms with E-state index in [1.165, 1.54) is 0 Å². The van der Waals surface area contributed by atoms with Crippen LogP contribution in [0.15, 0.2) is 17.0 Å². The summed E-state index contributed by atoms with van der Waals surface area (Å²) in [6, 6.07) is 3.76. The number of nitrogens with one attached hydrogen (secondary N) is 2. The molecule has 156 valence electrons. The molecule has 0 spiro atoms. The smallest absolute Gasteiger partial charge is 0.244 e. The van der Waals surface area contributed by atoms with Gasteiger partial charge in [0.05, 0.1) is 17.1 Å². The Kier molecular flexibility index (Phi) is 5.71. The summed E-state index contributed by atoms with van der Waals surface area (Å²) in [4.78, 5) is 9.03. The van der Waals surface area contributed by atoms with Gasteiger partial charge in [0.25, 0.3) is 0 Å². The molecule has 3 aromatic rings. The van der Waals surface area contributed by atoms with Gasteiger partial charge in [0.2, 0.25) is 10.0 Å². The van der Waals surface area contributed by atoms with Gasteiger partial charge in [-0.15, -0.1) is 0 Å². The predicted octanol–water partition coefficient (Wildman–Crippen LogP) is 1.33. The Morgan fingerprint density at radius 1 is 1.00 bits per heavy atom. The second kappa shape index (κ2) is 7.91. The first-order chi connectivity index (χ1) is 13.6. The van der Waals surface area contributed by atoms with Gasteiger partial charge < -0.3 is 5.32 Å². The first-order valence-corrected chi connectivity index (χ1v) is 10.7. The topological polar surface area (TPSA) is 120 Å². The minimum Gasteiger partial charge on any atom is -0.369 e. The summed E-state index contributed by atoms with van der Waals surface area (Å²) >= 11 is 0. The van der Waals surface area contributed by atoms with Gasteiger partial charge >= 0.3 is 0 Å². The molecule has 3 heterocycles. The molecular weight excluding hydrogens is 392 g/mol. The van der Waals surface area contributed by atoms with Crippen molar-refractivity contribution in [3.05, 3.63) is 40.7 Å². The van der Waals surface area contributed by atoms with Crippen LogP contribution in [0.3, 0.4) is 0 Å². The number of anilines is 1. The van der Waals surface area contributed by atoms with Gasteiger partial charge in [0.1, 0.15) is 16.5 Å². The zero-order valence-electron chi connectivity index (χ0n) is 17.5. The lowest BCUT2D eigenvalue weighted by atomic mass is 10.4. The highest BCUT2D eigenvalue weighted by Gasteiger charge is 2.23. The minimum absolute atomic E-state index is 0.203. The van der Waals surface area contributed by atoms with E-state index in [9.17, 15) is 8.42 Å². The summed E-state index contributed by atoms with van der Waals surface area (Å²) in [6.45, 7) is 9.67. The molecular formula is C18H26N8O2S. The normalized spacial score (nSPS) is 11.8. The highest BCUT2D eigenvalue weighted by molar-refractivity contribution is 7.89. The molecule has 0 aromatic carbocycles. The fourth-order valence-corrected chi connectivity index (χ4v) is 4.67. The molecule has 3 rings (SSSR count). The number of nitrogens with zero attached hydrogens (tertiary/aromatic N) is 6. The van der Waals surface area contributed by atoms with Crippen molar-refractivity contribution in [1.29, 1.82) is 0 Å². The summed E-state index contributed by atoms with van der Waals surface area (Å²) in [5.74, 6) is 1.86. The predicted molar refractivity (Wildman–Crippen MR) is 110 cm³/mol. The Labute approximate surface area is 170 Å². The van der Waals surface area contributed by atoms with E-state index in [1.54, 1.807) is 43.2 Å². The Morgan fingerprint density at radius 2 is 1.72 bits per heavy atom. The summed E-state index contributed by atoms with van der Waals surface area (Å²) in [5.41, 5.74) is 2.96. The molecule has 0 fully saturated rings. The van der Waals surface area contributed by atoms with Crippen LogP contribution >= 0.6 is 0 Å². The van der Waals surface area contributed by atoms with E-state index in [-0.39, 0.29) is 11.4 Å². The molecule has 0 aliphatic heterocycles. The number of sulfonamides is 1. The summed E-state index contributed by atoms with van der Waals surface area (Å²) in [7, 11) is -1.91. The number of hydrogen-bond acceptors (Lipinski definition) is 7. The van der Waals surface area contributed by atoms with Gasteiger partial charge in [-0.1, -0.05) is 0 Å². The number of aryl methyl sites for hydroxylation is 5. The Bertz CT molecular complexity index is 1150. The maximum Gasteiger partial charge on any atom is 0.244 e. The summed E-state index contributed by atoms with van der Waals surface area (Å²) < 4.78 is 31.1. The van der Waals surface area contributed by atoms with Crippen molar-refractivity contribution in [3.63, 3.8) is 0 Å². The van der Waals surface area contributed by atoms with Crippen LogP contribution in [-0.4, -0.2) is 51.0 Å². The van der Waals surface area contributed by atoms with Gasteiger partial charge in [-0.05, 0) is 40.7 Å². The van der Waals surface area contributed by atoms with Crippen LogP contribution in [0.25, 0.3) is 5.82 Å². The molecule has 0 saturated heterocycles. The maximum absolute atomic E-state index is 12.6. The van der Waals surface area contributed by atoms with Gasteiger partial charge in [-0.2, -0.15) is 10.2 Å². The zero-order valence-corrected chi connectivity index (χ0v) is 18.3. The molecule has 11 heteroatoms. The third kappa shape index (κ3) is 4.46. The van der Waals surface area contributed by atoms with Crippen LogP contribution in [0, 0.1) is 34.6 Å². The second-order valence-electron chi connectivity index (χ2n) is 6.95. The van der Waals surface area contributed by atoms with Crippen molar-refractivity contribution in [2.75, 3.05) is 18.4 Å². The highest BCUT2D eigenvalue weighted by Crippen LogP contribution is 2.18. The lowest BCUT2D eigenvalue weighted by molar-refractivity contribution is 0.581. The Balaban J connectivity index is 1.67. The largest absolute Gasteiger partial charge is 0.369 e. The summed E-state index contributed by atoms with van der Waals surface area (Å²) in [5, 5.41) is 11.7. The highest BCUT2D eigenvalue weighted by atomic mass is 32.2. The second-order valence-corrected chi connectivity index (χ2v) is 8.65. The molecule has 0 radical (unpaired) electrons. The van der Waals surface area contributed by atoms with Gasteiger partial charge in [0.15, 0.2) is 5.82 Å². The molecule has 0 saturated carbocycles. The van der Waals surface area contributed by atoms with Crippen LogP contribution in [0.4, 0.5) is 5.82 Å². The zero-order chi connectivity index (χ0) is 21.3. The van der Waals surface area contributed by atoms with E-state index in [1.807, 2.05) is 19.9 Å².